The zero-order valence-electron chi connectivity index (χ0n) is 14.6. The zero-order valence-corrected chi connectivity index (χ0v) is 14.6. The number of hydrogen-bond acceptors (Lipinski definition) is 4. The maximum Gasteiger partial charge on any atom is 0.244 e. The van der Waals surface area contributed by atoms with Crippen LogP contribution < -0.4 is 10.9 Å². The van der Waals surface area contributed by atoms with Crippen molar-refractivity contribution in [3.8, 4) is 0 Å². The average Bonchev–Trinajstić information content (AvgIpc) is 3.27. The molecule has 2 fully saturated rings. The first-order valence-corrected chi connectivity index (χ1v) is 8.63. The Morgan fingerprint density at radius 3 is 2.67 bits per heavy atom. The molecule has 1 amide bonds. The maximum absolute atomic E-state index is 13.5. The Hall–Kier alpha value is -1.50. The molecule has 2 aliphatic rings. The van der Waals surface area contributed by atoms with Crippen LogP contribution in [0.25, 0.3) is 0 Å². The van der Waals surface area contributed by atoms with E-state index in [2.05, 4.69) is 10.9 Å². The molecular formula is C18H27FN4O. The lowest BCUT2D eigenvalue weighted by atomic mass is 10.0. The molecule has 0 bridgehead atoms. The van der Waals surface area contributed by atoms with Crippen LogP contribution in [0.2, 0.25) is 0 Å². The highest BCUT2D eigenvalue weighted by molar-refractivity contribution is 5.83. The number of nitrogens with one attached hydrogen (secondary N) is 2. The molecule has 3 unspecified atom stereocenters. The maximum atomic E-state index is 13.5. The van der Waals surface area contributed by atoms with E-state index in [0.29, 0.717) is 18.2 Å². The fourth-order valence-electron chi connectivity index (χ4n) is 3.55. The standard InChI is InChI=1S/C18H27FN4O/c1-22(2)17(13-5-4-6-14(19)9-13)18(24)23(3)11-15-10-16(21-20-15)12-7-8-12/h4-6,9,12,15-17,20-21H,7-8,10-11H2,1-3H3. The van der Waals surface area contributed by atoms with Crippen molar-refractivity contribution in [2.75, 3.05) is 27.7 Å². The first-order valence-electron chi connectivity index (χ1n) is 8.63. The third kappa shape index (κ3) is 3.94. The van der Waals surface area contributed by atoms with Crippen molar-refractivity contribution in [1.82, 2.24) is 20.7 Å². The summed E-state index contributed by atoms with van der Waals surface area (Å²) < 4.78 is 13.5. The average molecular weight is 334 g/mol. The Morgan fingerprint density at radius 1 is 1.29 bits per heavy atom. The molecule has 0 radical (unpaired) electrons. The number of hydrogen-bond donors (Lipinski definition) is 2. The van der Waals surface area contributed by atoms with Gasteiger partial charge in [0.25, 0.3) is 0 Å². The highest BCUT2D eigenvalue weighted by Crippen LogP contribution is 2.35. The van der Waals surface area contributed by atoms with E-state index in [4.69, 9.17) is 0 Å². The Kier molecular flexibility index (Phi) is 5.18. The van der Waals surface area contributed by atoms with Crippen LogP contribution in [0.4, 0.5) is 4.39 Å². The van der Waals surface area contributed by atoms with E-state index in [0.717, 1.165) is 12.3 Å². The third-order valence-corrected chi connectivity index (χ3v) is 4.99. The summed E-state index contributed by atoms with van der Waals surface area (Å²) in [5.41, 5.74) is 7.35. The molecule has 0 aromatic heterocycles. The van der Waals surface area contributed by atoms with E-state index < -0.39 is 6.04 Å². The fraction of sp³-hybridized carbons (Fsp3) is 0.611. The summed E-state index contributed by atoms with van der Waals surface area (Å²) >= 11 is 0. The lowest BCUT2D eigenvalue weighted by molar-refractivity contribution is -0.135. The summed E-state index contributed by atoms with van der Waals surface area (Å²) in [6, 6.07) is 6.62. The highest BCUT2D eigenvalue weighted by Gasteiger charge is 2.37. The summed E-state index contributed by atoms with van der Waals surface area (Å²) in [5.74, 6) is 0.469. The predicted molar refractivity (Wildman–Crippen MR) is 91.7 cm³/mol. The molecule has 1 heterocycles. The highest BCUT2D eigenvalue weighted by atomic mass is 19.1. The molecule has 1 aromatic carbocycles. The van der Waals surface area contributed by atoms with E-state index in [1.54, 1.807) is 17.0 Å². The summed E-state index contributed by atoms with van der Waals surface area (Å²) in [5, 5.41) is 0. The van der Waals surface area contributed by atoms with Gasteiger partial charge < -0.3 is 4.90 Å². The fourth-order valence-corrected chi connectivity index (χ4v) is 3.55. The second-order valence-corrected chi connectivity index (χ2v) is 7.31. The topological polar surface area (TPSA) is 47.6 Å². The van der Waals surface area contributed by atoms with Gasteiger partial charge in [-0.3, -0.25) is 20.5 Å². The van der Waals surface area contributed by atoms with Crippen LogP contribution >= 0.6 is 0 Å². The smallest absolute Gasteiger partial charge is 0.244 e. The Bertz CT molecular complexity index is 590. The monoisotopic (exact) mass is 334 g/mol. The molecule has 1 aliphatic carbocycles. The number of hydrazine groups is 1. The van der Waals surface area contributed by atoms with Crippen molar-refractivity contribution in [3.63, 3.8) is 0 Å². The van der Waals surface area contributed by atoms with Crippen molar-refractivity contribution in [2.24, 2.45) is 5.92 Å². The van der Waals surface area contributed by atoms with Crippen LogP contribution in [0.3, 0.4) is 0 Å². The minimum atomic E-state index is -0.473. The summed E-state index contributed by atoms with van der Waals surface area (Å²) in [6.07, 6.45) is 3.67. The second-order valence-electron chi connectivity index (χ2n) is 7.31. The minimum Gasteiger partial charge on any atom is -0.342 e. The van der Waals surface area contributed by atoms with Gasteiger partial charge in [-0.2, -0.15) is 0 Å². The lowest BCUT2D eigenvalue weighted by Crippen LogP contribution is -2.45. The molecular weight excluding hydrogens is 307 g/mol. The largest absolute Gasteiger partial charge is 0.342 e. The van der Waals surface area contributed by atoms with Gasteiger partial charge in [-0.25, -0.2) is 4.39 Å². The minimum absolute atomic E-state index is 0.0118. The number of halogens is 1. The number of nitrogens with zero attached hydrogens (tertiary/aromatic N) is 2. The number of rotatable bonds is 6. The molecule has 1 saturated heterocycles. The van der Waals surface area contributed by atoms with E-state index in [-0.39, 0.29) is 17.8 Å². The molecule has 6 heteroatoms. The van der Waals surface area contributed by atoms with Crippen LogP contribution in [0.1, 0.15) is 30.9 Å². The lowest BCUT2D eigenvalue weighted by Gasteiger charge is -2.30. The summed E-state index contributed by atoms with van der Waals surface area (Å²) in [7, 11) is 5.52. The normalized spacial score (nSPS) is 25.0. The Morgan fingerprint density at radius 2 is 2.04 bits per heavy atom. The first kappa shape index (κ1) is 17.3. The second kappa shape index (κ2) is 7.17. The van der Waals surface area contributed by atoms with Crippen molar-refractivity contribution in [3.05, 3.63) is 35.6 Å². The summed E-state index contributed by atoms with van der Waals surface area (Å²) in [4.78, 5) is 16.5. The van der Waals surface area contributed by atoms with Crippen molar-refractivity contribution < 1.29 is 9.18 Å². The van der Waals surface area contributed by atoms with Crippen LogP contribution in [0.5, 0.6) is 0 Å². The predicted octanol–water partition coefficient (Wildman–Crippen LogP) is 1.53. The first-order chi connectivity index (χ1) is 11.5. The van der Waals surface area contributed by atoms with Crippen LogP contribution in [0, 0.1) is 11.7 Å². The number of benzene rings is 1. The van der Waals surface area contributed by atoms with E-state index in [1.807, 2.05) is 26.0 Å². The van der Waals surface area contributed by atoms with Gasteiger partial charge in [0.1, 0.15) is 11.9 Å². The Labute approximate surface area is 143 Å². The van der Waals surface area contributed by atoms with Gasteiger partial charge in [-0.15, -0.1) is 0 Å². The van der Waals surface area contributed by atoms with Gasteiger partial charge in [0.15, 0.2) is 0 Å². The van der Waals surface area contributed by atoms with E-state index >= 15 is 0 Å². The number of carbonyl (C=O) groups is 1. The number of amides is 1. The molecule has 24 heavy (non-hydrogen) atoms. The van der Waals surface area contributed by atoms with Crippen LogP contribution in [0.15, 0.2) is 24.3 Å². The van der Waals surface area contributed by atoms with Gasteiger partial charge in [0.05, 0.1) is 0 Å². The molecule has 1 aromatic rings. The molecule has 1 aliphatic heterocycles. The van der Waals surface area contributed by atoms with Crippen molar-refractivity contribution in [1.29, 1.82) is 0 Å². The summed E-state index contributed by atoms with van der Waals surface area (Å²) in [6.45, 7) is 0.648. The van der Waals surface area contributed by atoms with Gasteiger partial charge in [0, 0.05) is 25.7 Å². The zero-order chi connectivity index (χ0) is 17.3. The van der Waals surface area contributed by atoms with Gasteiger partial charge in [-0.1, -0.05) is 12.1 Å². The molecule has 1 saturated carbocycles. The van der Waals surface area contributed by atoms with Gasteiger partial charge in [-0.05, 0) is 57.0 Å². The molecule has 2 N–H and O–H groups in total. The number of carbonyl (C=O) groups excluding carboxylic acids is 1. The molecule has 0 spiro atoms. The molecule has 5 nitrogen and oxygen atoms in total. The van der Waals surface area contributed by atoms with Crippen LogP contribution in [-0.4, -0.2) is 55.5 Å². The van der Waals surface area contributed by atoms with Gasteiger partial charge in [0.2, 0.25) is 5.91 Å². The quantitative estimate of drug-likeness (QED) is 0.828. The van der Waals surface area contributed by atoms with E-state index in [1.165, 1.54) is 25.0 Å². The van der Waals surface area contributed by atoms with Gasteiger partial charge >= 0.3 is 0 Å². The Balaban J connectivity index is 1.63. The van der Waals surface area contributed by atoms with Crippen molar-refractivity contribution in [2.45, 2.75) is 37.4 Å². The van der Waals surface area contributed by atoms with Crippen LogP contribution in [-0.2, 0) is 4.79 Å². The SMILES string of the molecule is CN(CC1CC(C2CC2)NN1)C(=O)C(c1cccc(F)c1)N(C)C. The van der Waals surface area contributed by atoms with E-state index in [9.17, 15) is 9.18 Å². The molecule has 132 valence electrons. The third-order valence-electron chi connectivity index (χ3n) is 4.99. The molecule has 3 atom stereocenters. The van der Waals surface area contributed by atoms with Crippen molar-refractivity contribution >= 4 is 5.91 Å². The number of likely N-dealkylation sites (N-methyl/N-ethyl adjacent to an activating group) is 2. The molecule has 3 rings (SSSR count).